The molecule has 5 rings (SSSR count). The van der Waals surface area contributed by atoms with Gasteiger partial charge in [0, 0.05) is 22.1 Å². The average molecular weight is 583 g/mol. The highest BCUT2D eigenvalue weighted by atomic mass is 79.9. The largest absolute Gasteiger partial charge is 0.486 e. The monoisotopic (exact) mass is 580 g/mol. The summed E-state index contributed by atoms with van der Waals surface area (Å²) in [5.41, 5.74) is 3.56. The first-order valence-corrected chi connectivity index (χ1v) is 11.8. The lowest BCUT2D eigenvalue weighted by molar-refractivity contribution is 0.101. The van der Waals surface area contributed by atoms with Gasteiger partial charge in [-0.05, 0) is 56.3 Å². The molecular weight excluding hydrogens is 563 g/mol. The van der Waals surface area contributed by atoms with Crippen LogP contribution in [0.2, 0.25) is 10.0 Å². The predicted octanol–water partition coefficient (Wildman–Crippen LogP) is 7.76. The van der Waals surface area contributed by atoms with Crippen LogP contribution in [-0.4, -0.2) is 21.5 Å². The van der Waals surface area contributed by atoms with Crippen LogP contribution in [0.3, 0.4) is 0 Å². The molecular formula is C24H20BrCl3N4O2. The van der Waals surface area contributed by atoms with Gasteiger partial charge in [0.2, 0.25) is 5.95 Å². The highest BCUT2D eigenvalue weighted by Crippen LogP contribution is 2.43. The van der Waals surface area contributed by atoms with Crippen molar-refractivity contribution in [3.63, 3.8) is 0 Å². The molecule has 0 radical (unpaired) electrons. The molecule has 34 heavy (non-hydrogen) atoms. The topological polar surface area (TPSA) is 79.0 Å². The van der Waals surface area contributed by atoms with Crippen LogP contribution in [0.1, 0.15) is 29.8 Å². The minimum atomic E-state index is -0.457. The van der Waals surface area contributed by atoms with E-state index in [9.17, 15) is 4.79 Å². The van der Waals surface area contributed by atoms with Crippen molar-refractivity contribution in [2.45, 2.75) is 25.9 Å². The molecule has 4 aromatic rings. The van der Waals surface area contributed by atoms with E-state index in [-0.39, 0.29) is 18.3 Å². The van der Waals surface area contributed by atoms with Crippen molar-refractivity contribution in [3.8, 4) is 5.75 Å². The minimum Gasteiger partial charge on any atom is -0.486 e. The van der Waals surface area contributed by atoms with E-state index in [1.807, 2.05) is 38.1 Å². The van der Waals surface area contributed by atoms with Crippen LogP contribution in [-0.2, 0) is 6.42 Å². The maximum absolute atomic E-state index is 13.2. The van der Waals surface area contributed by atoms with E-state index in [0.717, 1.165) is 15.6 Å². The lowest BCUT2D eigenvalue weighted by Crippen LogP contribution is -2.25. The first-order chi connectivity index (χ1) is 15.7. The molecule has 0 bridgehead atoms. The molecule has 176 valence electrons. The number of aromatic amines is 1. The Bertz CT molecular complexity index is 1380. The van der Waals surface area contributed by atoms with Gasteiger partial charge in [0.05, 0.1) is 32.3 Å². The molecule has 0 unspecified atom stereocenters. The van der Waals surface area contributed by atoms with Gasteiger partial charge in [-0.3, -0.25) is 4.79 Å². The zero-order valence-electron chi connectivity index (χ0n) is 18.1. The number of H-pyrrole nitrogens is 1. The Hall–Kier alpha value is -2.45. The Balaban J connectivity index is 0.00000274. The molecule has 6 nitrogen and oxygen atoms in total. The fraction of sp³-hybridized carbons (Fsp3) is 0.167. The lowest BCUT2D eigenvalue weighted by Gasteiger charge is -2.18. The van der Waals surface area contributed by atoms with Crippen LogP contribution in [0.25, 0.3) is 11.0 Å². The summed E-state index contributed by atoms with van der Waals surface area (Å²) in [6, 6.07) is 14.4. The summed E-state index contributed by atoms with van der Waals surface area (Å²) in [6.07, 6.45) is 0.620. The van der Waals surface area contributed by atoms with E-state index < -0.39 is 5.60 Å². The number of halogens is 4. The maximum atomic E-state index is 13.2. The van der Waals surface area contributed by atoms with E-state index in [1.165, 1.54) is 0 Å². The standard InChI is InChI=1S/C24H19BrCl2N4O2.ClH/c1-24(2)11-15-19-18(29-23(30-19)31-20-16(26)4-3-5-17(20)27)10-14(21(15)33-24)22(32)28-13-8-6-12(25)7-9-13;/h3-10H,11H2,1-2H3,(H,28,32)(H2,29,30,31);1H. The molecule has 0 saturated carbocycles. The number of rotatable bonds is 4. The third-order valence-electron chi connectivity index (χ3n) is 5.36. The zero-order chi connectivity index (χ0) is 23.3. The van der Waals surface area contributed by atoms with Crippen molar-refractivity contribution >= 4 is 85.8 Å². The second kappa shape index (κ2) is 9.30. The molecule has 0 atom stereocenters. The Morgan fingerprint density at radius 2 is 1.82 bits per heavy atom. The Kier molecular flexibility index (Phi) is 6.75. The van der Waals surface area contributed by atoms with Gasteiger partial charge in [-0.2, -0.15) is 0 Å². The lowest BCUT2D eigenvalue weighted by atomic mass is 9.98. The second-order valence-corrected chi connectivity index (χ2v) is 10.2. The fourth-order valence-electron chi connectivity index (χ4n) is 3.92. The second-order valence-electron chi connectivity index (χ2n) is 8.43. The van der Waals surface area contributed by atoms with Gasteiger partial charge in [-0.25, -0.2) is 4.98 Å². The number of ether oxygens (including phenoxy) is 1. The number of hydrogen-bond donors (Lipinski definition) is 3. The molecule has 3 aromatic carbocycles. The molecule has 0 spiro atoms. The summed E-state index contributed by atoms with van der Waals surface area (Å²) in [5.74, 6) is 0.764. The van der Waals surface area contributed by atoms with Crippen LogP contribution >= 0.6 is 51.5 Å². The first-order valence-electron chi connectivity index (χ1n) is 10.2. The number of imidazole rings is 1. The number of carbonyl (C=O) groups excluding carboxylic acids is 1. The highest BCUT2D eigenvalue weighted by Gasteiger charge is 2.36. The summed E-state index contributed by atoms with van der Waals surface area (Å²) in [5, 5.41) is 7.06. The summed E-state index contributed by atoms with van der Waals surface area (Å²) in [6.45, 7) is 3.98. The number of nitrogens with zero attached hydrogens (tertiary/aromatic N) is 1. The molecule has 1 aromatic heterocycles. The van der Waals surface area contributed by atoms with Crippen LogP contribution in [0.15, 0.2) is 53.0 Å². The van der Waals surface area contributed by atoms with E-state index in [1.54, 1.807) is 24.3 Å². The van der Waals surface area contributed by atoms with Crippen molar-refractivity contribution in [2.75, 3.05) is 10.6 Å². The van der Waals surface area contributed by atoms with Crippen molar-refractivity contribution in [3.05, 3.63) is 74.2 Å². The number of fused-ring (bicyclic) bond motifs is 3. The third-order valence-corrected chi connectivity index (χ3v) is 6.52. The van der Waals surface area contributed by atoms with Gasteiger partial charge in [0.25, 0.3) is 5.91 Å². The number of carbonyl (C=O) groups is 1. The smallest absolute Gasteiger partial charge is 0.259 e. The minimum absolute atomic E-state index is 0. The molecule has 0 aliphatic carbocycles. The average Bonchev–Trinajstić information content (AvgIpc) is 3.31. The number of benzene rings is 3. The van der Waals surface area contributed by atoms with Crippen molar-refractivity contribution in [1.29, 1.82) is 0 Å². The molecule has 1 aliphatic rings. The van der Waals surface area contributed by atoms with Gasteiger partial charge in [0.1, 0.15) is 11.4 Å². The van der Waals surface area contributed by atoms with Gasteiger partial charge < -0.3 is 20.4 Å². The zero-order valence-corrected chi connectivity index (χ0v) is 22.0. The number of anilines is 3. The SMILES string of the molecule is CC1(C)Cc2c(c(C(=O)Nc3ccc(Br)cc3)cc3[nH]c(Nc4c(Cl)cccc4Cl)nc23)O1.Cl. The fourth-order valence-corrected chi connectivity index (χ4v) is 4.67. The molecule has 2 heterocycles. The Labute approximate surface area is 220 Å². The number of para-hydroxylation sites is 1. The van der Waals surface area contributed by atoms with Crippen LogP contribution in [0, 0.1) is 0 Å². The number of aromatic nitrogens is 2. The van der Waals surface area contributed by atoms with E-state index >= 15 is 0 Å². The molecule has 10 heteroatoms. The van der Waals surface area contributed by atoms with Gasteiger partial charge >= 0.3 is 0 Å². The van der Waals surface area contributed by atoms with Crippen LogP contribution in [0.4, 0.5) is 17.3 Å². The summed E-state index contributed by atoms with van der Waals surface area (Å²) in [4.78, 5) is 21.2. The Morgan fingerprint density at radius 3 is 2.50 bits per heavy atom. The quantitative estimate of drug-likeness (QED) is 0.230. The summed E-state index contributed by atoms with van der Waals surface area (Å²) < 4.78 is 7.13. The van der Waals surface area contributed by atoms with Crippen LogP contribution < -0.4 is 15.4 Å². The van der Waals surface area contributed by atoms with Gasteiger partial charge in [0.15, 0.2) is 0 Å². The maximum Gasteiger partial charge on any atom is 0.259 e. The molecule has 0 saturated heterocycles. The van der Waals surface area contributed by atoms with Crippen molar-refractivity contribution < 1.29 is 9.53 Å². The van der Waals surface area contributed by atoms with Crippen molar-refractivity contribution in [2.24, 2.45) is 0 Å². The van der Waals surface area contributed by atoms with E-state index in [2.05, 4.69) is 31.5 Å². The predicted molar refractivity (Wildman–Crippen MR) is 144 cm³/mol. The first kappa shape index (κ1) is 24.7. The highest BCUT2D eigenvalue weighted by molar-refractivity contribution is 9.10. The summed E-state index contributed by atoms with van der Waals surface area (Å²) in [7, 11) is 0. The third kappa shape index (κ3) is 4.70. The molecule has 1 aliphatic heterocycles. The van der Waals surface area contributed by atoms with Gasteiger partial charge in [-0.15, -0.1) is 12.4 Å². The Morgan fingerprint density at radius 1 is 1.15 bits per heavy atom. The summed E-state index contributed by atoms with van der Waals surface area (Å²) >= 11 is 16.0. The molecule has 3 N–H and O–H groups in total. The number of nitrogens with one attached hydrogen (secondary N) is 3. The van der Waals surface area contributed by atoms with Crippen molar-refractivity contribution in [1.82, 2.24) is 9.97 Å². The van der Waals surface area contributed by atoms with E-state index in [0.29, 0.717) is 50.6 Å². The van der Waals surface area contributed by atoms with Gasteiger partial charge in [-0.1, -0.05) is 45.2 Å². The number of amides is 1. The molecule has 0 fully saturated rings. The van der Waals surface area contributed by atoms with Crippen LogP contribution in [0.5, 0.6) is 5.75 Å². The normalized spacial score (nSPS) is 13.7. The number of hydrogen-bond acceptors (Lipinski definition) is 4. The molecule has 1 amide bonds. The van der Waals surface area contributed by atoms with E-state index in [4.69, 9.17) is 32.9 Å².